The minimum absolute atomic E-state index is 0.0960. The second kappa shape index (κ2) is 17.6. The summed E-state index contributed by atoms with van der Waals surface area (Å²) in [6.45, 7) is 8.20. The summed E-state index contributed by atoms with van der Waals surface area (Å²) in [6, 6.07) is 37.6. The maximum Gasteiger partial charge on any atom is 0.328 e. The molecule has 0 spiro atoms. The number of carbonyl (C=O) groups is 1. The Morgan fingerprint density at radius 1 is 0.782 bits per heavy atom. The molecule has 288 valence electrons. The van der Waals surface area contributed by atoms with Gasteiger partial charge >= 0.3 is 13.6 Å². The van der Waals surface area contributed by atoms with Crippen LogP contribution in [0.4, 0.5) is 10.1 Å². The summed E-state index contributed by atoms with van der Waals surface area (Å²) in [6.07, 6.45) is 0.480. The quantitative estimate of drug-likeness (QED) is 0.0762. The lowest BCUT2D eigenvalue weighted by Crippen LogP contribution is -2.48. The van der Waals surface area contributed by atoms with Gasteiger partial charge in [-0.05, 0) is 74.1 Å². The Labute approximate surface area is 322 Å². The second-order valence-corrected chi connectivity index (χ2v) is 16.8. The van der Waals surface area contributed by atoms with E-state index in [0.717, 1.165) is 16.7 Å². The molecule has 1 aromatic heterocycles. The number of hydrogen-bond donors (Lipinski definition) is 0. The van der Waals surface area contributed by atoms with Crippen molar-refractivity contribution in [2.45, 2.75) is 71.1 Å². The van der Waals surface area contributed by atoms with Crippen molar-refractivity contribution in [3.63, 3.8) is 0 Å². The molecule has 1 saturated heterocycles. The molecule has 6 rings (SSSR count). The third-order valence-corrected chi connectivity index (χ3v) is 10.4. The first kappa shape index (κ1) is 39.7. The van der Waals surface area contributed by atoms with Gasteiger partial charge in [0.25, 0.3) is 0 Å². The first-order chi connectivity index (χ1) is 26.4. The van der Waals surface area contributed by atoms with E-state index in [2.05, 4.69) is 4.98 Å². The van der Waals surface area contributed by atoms with Crippen molar-refractivity contribution in [1.82, 2.24) is 4.98 Å². The van der Waals surface area contributed by atoms with Crippen LogP contribution in [-0.4, -0.2) is 41.9 Å². The number of hydrogen-bond acceptors (Lipinski definition) is 9. The maximum atomic E-state index is 16.1. The van der Waals surface area contributed by atoms with Gasteiger partial charge < -0.3 is 28.2 Å². The number of esters is 1. The number of carbonyl (C=O) groups excluding carboxylic acids is 1. The van der Waals surface area contributed by atoms with Crippen LogP contribution in [0.3, 0.4) is 0 Å². The van der Waals surface area contributed by atoms with E-state index in [1.165, 1.54) is 12.7 Å². The fraction of sp³-hybridized carbons (Fsp3) is 0.318. The SMILES string of the molecule is CC(C)(C)OC(=O)CC1(OP(C)(=O)OCc2ccccc2)CCN(c2ccc(-c3ccc(OCc4ccccc4)nc3OCc3ccccc3)cc2F)CC1. The summed E-state index contributed by atoms with van der Waals surface area (Å²) in [4.78, 5) is 19.7. The van der Waals surface area contributed by atoms with Gasteiger partial charge in [0.05, 0.1) is 24.3 Å². The predicted molar refractivity (Wildman–Crippen MR) is 212 cm³/mol. The van der Waals surface area contributed by atoms with Gasteiger partial charge in [0.15, 0.2) is 0 Å². The van der Waals surface area contributed by atoms with Gasteiger partial charge in [-0.3, -0.25) is 9.36 Å². The van der Waals surface area contributed by atoms with Crippen LogP contribution in [0.2, 0.25) is 0 Å². The number of benzene rings is 4. The number of aromatic nitrogens is 1. The lowest BCUT2D eigenvalue weighted by molar-refractivity contribution is -0.160. The Kier molecular flexibility index (Phi) is 12.7. The van der Waals surface area contributed by atoms with Gasteiger partial charge in [-0.25, -0.2) is 4.39 Å². The van der Waals surface area contributed by atoms with Gasteiger partial charge in [-0.1, -0.05) is 97.1 Å². The normalized spacial score (nSPS) is 15.2. The van der Waals surface area contributed by atoms with E-state index >= 15 is 4.39 Å². The zero-order valence-corrected chi connectivity index (χ0v) is 32.7. The summed E-state index contributed by atoms with van der Waals surface area (Å²) in [7, 11) is -3.62. The highest BCUT2D eigenvalue weighted by molar-refractivity contribution is 7.53. The number of ether oxygens (including phenoxy) is 3. The molecular formula is C44H48FN2O7P. The molecule has 5 aromatic rings. The van der Waals surface area contributed by atoms with Crippen molar-refractivity contribution in [2.75, 3.05) is 24.7 Å². The molecule has 0 bridgehead atoms. The molecule has 9 nitrogen and oxygen atoms in total. The summed E-state index contributed by atoms with van der Waals surface area (Å²) >= 11 is 0. The average molecular weight is 767 g/mol. The van der Waals surface area contributed by atoms with Crippen molar-refractivity contribution in [2.24, 2.45) is 0 Å². The molecular weight excluding hydrogens is 718 g/mol. The molecule has 1 atom stereocenters. The fourth-order valence-electron chi connectivity index (χ4n) is 6.46. The highest BCUT2D eigenvalue weighted by atomic mass is 31.2. The molecule has 1 aliphatic heterocycles. The largest absolute Gasteiger partial charge is 0.473 e. The molecule has 1 fully saturated rings. The highest BCUT2D eigenvalue weighted by Gasteiger charge is 2.44. The molecule has 0 saturated carbocycles. The van der Waals surface area contributed by atoms with Crippen LogP contribution in [-0.2, 0) is 43.0 Å². The van der Waals surface area contributed by atoms with Crippen molar-refractivity contribution in [3.05, 3.63) is 144 Å². The highest BCUT2D eigenvalue weighted by Crippen LogP contribution is 2.52. The second-order valence-electron chi connectivity index (χ2n) is 14.8. The predicted octanol–water partition coefficient (Wildman–Crippen LogP) is 10.2. The monoisotopic (exact) mass is 766 g/mol. The molecule has 0 amide bonds. The van der Waals surface area contributed by atoms with Crippen LogP contribution < -0.4 is 14.4 Å². The van der Waals surface area contributed by atoms with Crippen molar-refractivity contribution in [3.8, 4) is 22.9 Å². The third kappa shape index (κ3) is 11.5. The van der Waals surface area contributed by atoms with E-state index in [4.69, 9.17) is 23.3 Å². The maximum absolute atomic E-state index is 16.1. The van der Waals surface area contributed by atoms with E-state index < -0.39 is 30.6 Å². The number of anilines is 1. The number of halogens is 1. The molecule has 55 heavy (non-hydrogen) atoms. The number of rotatable bonds is 15. The fourth-order valence-corrected chi connectivity index (χ4v) is 7.85. The van der Waals surface area contributed by atoms with Gasteiger partial charge in [-0.15, -0.1) is 0 Å². The molecule has 11 heteroatoms. The van der Waals surface area contributed by atoms with E-state index in [1.807, 2.05) is 108 Å². The summed E-state index contributed by atoms with van der Waals surface area (Å²) in [5.41, 5.74) is 2.59. The Bertz CT molecular complexity index is 2070. The van der Waals surface area contributed by atoms with Crippen molar-refractivity contribution >= 4 is 19.3 Å². The van der Waals surface area contributed by atoms with Crippen LogP contribution in [0.5, 0.6) is 11.8 Å². The number of nitrogens with zero attached hydrogens (tertiary/aromatic N) is 2. The molecule has 0 radical (unpaired) electrons. The molecule has 4 aromatic carbocycles. The Morgan fingerprint density at radius 2 is 1.35 bits per heavy atom. The van der Waals surface area contributed by atoms with Crippen LogP contribution in [0.25, 0.3) is 11.1 Å². The zero-order valence-electron chi connectivity index (χ0n) is 31.8. The molecule has 1 unspecified atom stereocenters. The summed E-state index contributed by atoms with van der Waals surface area (Å²) in [5.74, 6) is -0.180. The molecule has 0 aliphatic carbocycles. The van der Waals surface area contributed by atoms with E-state index in [1.54, 1.807) is 32.9 Å². The van der Waals surface area contributed by atoms with Crippen LogP contribution in [0.15, 0.2) is 121 Å². The van der Waals surface area contributed by atoms with Crippen LogP contribution >= 0.6 is 7.60 Å². The molecule has 1 aliphatic rings. The van der Waals surface area contributed by atoms with E-state index in [0.29, 0.717) is 61.1 Å². The van der Waals surface area contributed by atoms with Crippen molar-refractivity contribution < 1.29 is 37.0 Å². The summed E-state index contributed by atoms with van der Waals surface area (Å²) in [5, 5.41) is 0. The first-order valence-corrected chi connectivity index (χ1v) is 20.4. The van der Waals surface area contributed by atoms with E-state index in [9.17, 15) is 9.36 Å². The minimum Gasteiger partial charge on any atom is -0.473 e. The van der Waals surface area contributed by atoms with Crippen molar-refractivity contribution in [1.29, 1.82) is 0 Å². The third-order valence-electron chi connectivity index (χ3n) is 9.11. The molecule has 0 N–H and O–H groups in total. The topological polar surface area (TPSA) is 96.4 Å². The standard InChI is InChI=1S/C44H48FN2O7P/c1-43(2,3)53-41(48)29-44(54-55(4,49)52-32-35-18-12-7-13-19-35)24-26-47(27-25-44)39-22-20-36(28-38(39)45)37-21-23-40(50-30-33-14-8-5-9-15-33)46-42(37)51-31-34-16-10-6-11-17-34/h5-23,28H,24-27,29-32H2,1-4H3. The lowest BCUT2D eigenvalue weighted by atomic mass is 9.88. The lowest BCUT2D eigenvalue weighted by Gasteiger charge is -2.43. The van der Waals surface area contributed by atoms with Gasteiger partial charge in [0.2, 0.25) is 11.8 Å². The minimum atomic E-state index is -3.62. The number of pyridine rings is 1. The van der Waals surface area contributed by atoms with Crippen LogP contribution in [0.1, 0.15) is 56.7 Å². The van der Waals surface area contributed by atoms with Crippen LogP contribution in [0, 0.1) is 5.82 Å². The smallest absolute Gasteiger partial charge is 0.328 e. The van der Waals surface area contributed by atoms with E-state index in [-0.39, 0.29) is 19.6 Å². The number of piperidine rings is 1. The Hall–Kier alpha value is -5.02. The Balaban J connectivity index is 1.19. The van der Waals surface area contributed by atoms with Gasteiger partial charge in [0, 0.05) is 31.4 Å². The average Bonchev–Trinajstić information content (AvgIpc) is 3.16. The summed E-state index contributed by atoms with van der Waals surface area (Å²) < 4.78 is 59.7. The Morgan fingerprint density at radius 3 is 1.91 bits per heavy atom. The van der Waals surface area contributed by atoms with Gasteiger partial charge in [-0.2, -0.15) is 4.98 Å². The zero-order chi connectivity index (χ0) is 38.9. The molecule has 2 heterocycles. The first-order valence-electron chi connectivity index (χ1n) is 18.4. The van der Waals surface area contributed by atoms with Gasteiger partial charge in [0.1, 0.15) is 24.6 Å².